The van der Waals surface area contributed by atoms with Crippen molar-refractivity contribution in [1.82, 2.24) is 15.2 Å². The Labute approximate surface area is 105 Å². The summed E-state index contributed by atoms with van der Waals surface area (Å²) in [5, 5.41) is 16.6. The average Bonchev–Trinajstić information content (AvgIpc) is 2.84. The van der Waals surface area contributed by atoms with Gasteiger partial charge in [0.05, 0.1) is 6.20 Å². The SMILES string of the molecule is CC.Cc1cc(F)nc(Nc2ccn[nH]2)c1C=N. The van der Waals surface area contributed by atoms with Crippen LogP contribution in [0, 0.1) is 18.3 Å². The molecular formula is C12H16FN5. The van der Waals surface area contributed by atoms with Gasteiger partial charge in [-0.25, -0.2) is 4.98 Å². The van der Waals surface area contributed by atoms with Crippen LogP contribution in [0.2, 0.25) is 0 Å². The van der Waals surface area contributed by atoms with E-state index in [1.54, 1.807) is 19.2 Å². The number of anilines is 2. The molecule has 0 aromatic carbocycles. The molecule has 0 fully saturated rings. The molecule has 0 aliphatic carbocycles. The van der Waals surface area contributed by atoms with E-state index in [1.165, 1.54) is 6.07 Å². The number of halogens is 1. The van der Waals surface area contributed by atoms with Crippen LogP contribution in [0.15, 0.2) is 18.3 Å². The Balaban J connectivity index is 0.000000771. The monoisotopic (exact) mass is 249 g/mol. The maximum absolute atomic E-state index is 13.1. The van der Waals surface area contributed by atoms with Gasteiger partial charge in [-0.2, -0.15) is 9.49 Å². The van der Waals surface area contributed by atoms with Crippen molar-refractivity contribution in [2.45, 2.75) is 20.8 Å². The second-order valence-corrected chi connectivity index (χ2v) is 3.26. The van der Waals surface area contributed by atoms with Crippen LogP contribution >= 0.6 is 0 Å². The van der Waals surface area contributed by atoms with Gasteiger partial charge in [0.15, 0.2) is 0 Å². The molecule has 0 spiro atoms. The minimum atomic E-state index is -0.579. The van der Waals surface area contributed by atoms with E-state index >= 15 is 0 Å². The number of aromatic amines is 1. The largest absolute Gasteiger partial charge is 0.325 e. The lowest BCUT2D eigenvalue weighted by Crippen LogP contribution is -2.03. The Morgan fingerprint density at radius 3 is 2.72 bits per heavy atom. The molecule has 96 valence electrons. The summed E-state index contributed by atoms with van der Waals surface area (Å²) >= 11 is 0. The number of hydrogen-bond donors (Lipinski definition) is 3. The van der Waals surface area contributed by atoms with Gasteiger partial charge in [0.25, 0.3) is 0 Å². The molecule has 2 heterocycles. The second-order valence-electron chi connectivity index (χ2n) is 3.26. The third kappa shape index (κ3) is 3.13. The summed E-state index contributed by atoms with van der Waals surface area (Å²) in [7, 11) is 0. The highest BCUT2D eigenvalue weighted by molar-refractivity contribution is 5.87. The van der Waals surface area contributed by atoms with Crippen LogP contribution in [0.3, 0.4) is 0 Å². The minimum Gasteiger partial charge on any atom is -0.325 e. The van der Waals surface area contributed by atoms with Crippen LogP contribution in [0.25, 0.3) is 0 Å². The first kappa shape index (κ1) is 13.8. The van der Waals surface area contributed by atoms with Gasteiger partial charge < -0.3 is 10.7 Å². The second kappa shape index (κ2) is 6.48. The first-order valence-electron chi connectivity index (χ1n) is 5.64. The standard InChI is InChI=1S/C10H10FN5.C2H6/c1-6-4-8(11)14-10(7(6)5-12)15-9-2-3-13-16-9;1-2/h2-5,12H,1H3,(H2,13,14,15,16);1-2H3. The van der Waals surface area contributed by atoms with Gasteiger partial charge in [-0.3, -0.25) is 5.10 Å². The van der Waals surface area contributed by atoms with Crippen molar-refractivity contribution in [1.29, 1.82) is 5.41 Å². The summed E-state index contributed by atoms with van der Waals surface area (Å²) in [6.07, 6.45) is 2.71. The summed E-state index contributed by atoms with van der Waals surface area (Å²) in [5.74, 6) is 0.322. The fourth-order valence-corrected chi connectivity index (χ4v) is 1.37. The molecule has 0 amide bonds. The van der Waals surface area contributed by atoms with Gasteiger partial charge >= 0.3 is 0 Å². The topological polar surface area (TPSA) is 77.5 Å². The molecule has 2 aromatic rings. The average molecular weight is 249 g/mol. The molecule has 0 bridgehead atoms. The number of H-pyrrole nitrogens is 1. The molecule has 6 heteroatoms. The van der Waals surface area contributed by atoms with Gasteiger partial charge in [-0.05, 0) is 18.6 Å². The van der Waals surface area contributed by atoms with E-state index in [-0.39, 0.29) is 0 Å². The summed E-state index contributed by atoms with van der Waals surface area (Å²) in [6, 6.07) is 2.98. The minimum absolute atomic E-state index is 0.303. The van der Waals surface area contributed by atoms with Crippen LogP contribution in [0.4, 0.5) is 16.0 Å². The molecule has 0 unspecified atom stereocenters. The smallest absolute Gasteiger partial charge is 0.215 e. The summed E-state index contributed by atoms with van der Waals surface area (Å²) in [4.78, 5) is 3.70. The van der Waals surface area contributed by atoms with Crippen LogP contribution in [0.5, 0.6) is 0 Å². The van der Waals surface area contributed by atoms with E-state index in [1.807, 2.05) is 13.8 Å². The Morgan fingerprint density at radius 2 is 2.17 bits per heavy atom. The molecule has 0 aliphatic rings. The molecular weight excluding hydrogens is 233 g/mol. The van der Waals surface area contributed by atoms with Crippen molar-refractivity contribution in [2.24, 2.45) is 0 Å². The number of pyridine rings is 1. The lowest BCUT2D eigenvalue weighted by molar-refractivity contribution is 0.584. The lowest BCUT2D eigenvalue weighted by Gasteiger charge is -2.08. The summed E-state index contributed by atoms with van der Waals surface area (Å²) < 4.78 is 13.1. The quantitative estimate of drug-likeness (QED) is 0.578. The maximum atomic E-state index is 13.1. The zero-order chi connectivity index (χ0) is 13.5. The molecule has 0 saturated carbocycles. The Hall–Kier alpha value is -2.24. The van der Waals surface area contributed by atoms with Crippen LogP contribution < -0.4 is 5.32 Å². The fourth-order valence-electron chi connectivity index (χ4n) is 1.37. The van der Waals surface area contributed by atoms with Crippen molar-refractivity contribution in [3.63, 3.8) is 0 Å². The molecule has 5 nitrogen and oxygen atoms in total. The number of nitrogens with zero attached hydrogens (tertiary/aromatic N) is 2. The van der Waals surface area contributed by atoms with Gasteiger partial charge in [-0.1, -0.05) is 13.8 Å². The third-order valence-electron chi connectivity index (χ3n) is 2.13. The first-order chi connectivity index (χ1) is 8.70. The lowest BCUT2D eigenvalue weighted by atomic mass is 10.1. The van der Waals surface area contributed by atoms with Crippen LogP contribution in [0.1, 0.15) is 25.0 Å². The highest BCUT2D eigenvalue weighted by Gasteiger charge is 2.08. The maximum Gasteiger partial charge on any atom is 0.215 e. The molecule has 0 radical (unpaired) electrons. The Bertz CT molecular complexity index is 507. The van der Waals surface area contributed by atoms with Crippen LogP contribution in [-0.4, -0.2) is 21.4 Å². The van der Waals surface area contributed by atoms with E-state index in [9.17, 15) is 4.39 Å². The van der Waals surface area contributed by atoms with E-state index in [4.69, 9.17) is 5.41 Å². The number of hydrogen-bond acceptors (Lipinski definition) is 4. The van der Waals surface area contributed by atoms with E-state index in [0.29, 0.717) is 22.8 Å². The number of nitrogens with one attached hydrogen (secondary N) is 3. The van der Waals surface area contributed by atoms with Crippen LogP contribution in [-0.2, 0) is 0 Å². The number of aromatic nitrogens is 3. The van der Waals surface area contributed by atoms with Crippen molar-refractivity contribution in [3.8, 4) is 0 Å². The summed E-state index contributed by atoms with van der Waals surface area (Å²) in [5.41, 5.74) is 1.21. The molecule has 2 aromatic heterocycles. The van der Waals surface area contributed by atoms with Gasteiger partial charge in [0.2, 0.25) is 5.95 Å². The molecule has 0 aliphatic heterocycles. The predicted octanol–water partition coefficient (Wildman–Crippen LogP) is 3.02. The fraction of sp³-hybridized carbons (Fsp3) is 0.250. The van der Waals surface area contributed by atoms with E-state index in [0.717, 1.165) is 6.21 Å². The zero-order valence-corrected chi connectivity index (χ0v) is 10.6. The molecule has 18 heavy (non-hydrogen) atoms. The van der Waals surface area contributed by atoms with Crippen molar-refractivity contribution in [3.05, 3.63) is 35.4 Å². The van der Waals surface area contributed by atoms with Crippen molar-refractivity contribution < 1.29 is 4.39 Å². The van der Waals surface area contributed by atoms with Crippen molar-refractivity contribution >= 4 is 17.9 Å². The Kier molecular flexibility index (Phi) is 4.98. The van der Waals surface area contributed by atoms with Gasteiger partial charge in [0, 0.05) is 17.8 Å². The van der Waals surface area contributed by atoms with Gasteiger partial charge in [0.1, 0.15) is 11.6 Å². The zero-order valence-electron chi connectivity index (χ0n) is 10.6. The third-order valence-corrected chi connectivity index (χ3v) is 2.13. The molecule has 2 rings (SSSR count). The normalized spacial score (nSPS) is 9.33. The molecule has 3 N–H and O–H groups in total. The first-order valence-corrected chi connectivity index (χ1v) is 5.64. The summed E-state index contributed by atoms with van der Waals surface area (Å²) in [6.45, 7) is 5.73. The number of rotatable bonds is 3. The molecule has 0 atom stereocenters. The molecule has 0 saturated heterocycles. The number of aryl methyl sites for hydroxylation is 1. The van der Waals surface area contributed by atoms with Gasteiger partial charge in [-0.15, -0.1) is 0 Å². The van der Waals surface area contributed by atoms with E-state index in [2.05, 4.69) is 20.5 Å². The highest BCUT2D eigenvalue weighted by atomic mass is 19.1. The predicted molar refractivity (Wildman–Crippen MR) is 70.0 cm³/mol. The van der Waals surface area contributed by atoms with Crippen molar-refractivity contribution in [2.75, 3.05) is 5.32 Å². The van der Waals surface area contributed by atoms with E-state index < -0.39 is 5.95 Å². The highest BCUT2D eigenvalue weighted by Crippen LogP contribution is 2.19. The Morgan fingerprint density at radius 1 is 1.44 bits per heavy atom.